The molecule has 108 valence electrons. The van der Waals surface area contributed by atoms with Gasteiger partial charge in [0.05, 0.1) is 11.1 Å². The van der Waals surface area contributed by atoms with Gasteiger partial charge in [0.25, 0.3) is 5.56 Å². The highest BCUT2D eigenvalue weighted by Gasteiger charge is 2.16. The van der Waals surface area contributed by atoms with Crippen molar-refractivity contribution >= 4 is 42.9 Å². The lowest BCUT2D eigenvalue weighted by molar-refractivity contribution is 1.00. The molecule has 6 heteroatoms. The van der Waals surface area contributed by atoms with Crippen LogP contribution in [0.2, 0.25) is 0 Å². The molecular weight excluding hydrogens is 398 g/mol. The third-order valence-corrected chi connectivity index (χ3v) is 4.49. The van der Waals surface area contributed by atoms with E-state index in [4.69, 9.17) is 0 Å². The van der Waals surface area contributed by atoms with Crippen LogP contribution in [0.3, 0.4) is 0 Å². The lowest BCUT2D eigenvalue weighted by Gasteiger charge is -2.12. The number of nitrogens with zero attached hydrogens (tertiary/aromatic N) is 2. The number of hydrogen-bond donors (Lipinski definition) is 1. The largest absolute Gasteiger partial charge is 0.310 e. The lowest BCUT2D eigenvalue weighted by atomic mass is 10.2. The second kappa shape index (κ2) is 5.10. The number of fused-ring (bicyclic) bond motifs is 1. The maximum atomic E-state index is 12.2. The molecule has 0 atom stereocenters. The van der Waals surface area contributed by atoms with Gasteiger partial charge in [0, 0.05) is 15.1 Å². The molecule has 0 spiro atoms. The van der Waals surface area contributed by atoms with Gasteiger partial charge in [-0.3, -0.25) is 9.36 Å². The summed E-state index contributed by atoms with van der Waals surface area (Å²) in [6.45, 7) is 5.75. The summed E-state index contributed by atoms with van der Waals surface area (Å²) < 4.78 is 3.93. The normalized spacial score (nSPS) is 11.3. The van der Waals surface area contributed by atoms with Crippen LogP contribution >= 0.6 is 31.9 Å². The fourth-order valence-electron chi connectivity index (χ4n) is 2.59. The first-order valence-electron chi connectivity index (χ1n) is 6.43. The predicted molar refractivity (Wildman–Crippen MR) is 91.3 cm³/mol. The van der Waals surface area contributed by atoms with Gasteiger partial charge in [-0.2, -0.15) is 0 Å². The van der Waals surface area contributed by atoms with Crippen LogP contribution in [0.5, 0.6) is 0 Å². The third kappa shape index (κ3) is 2.36. The van der Waals surface area contributed by atoms with E-state index in [1.165, 1.54) is 0 Å². The molecule has 2 heterocycles. The maximum Gasteiger partial charge on any atom is 0.260 e. The summed E-state index contributed by atoms with van der Waals surface area (Å²) in [6.07, 6.45) is 1.95. The molecule has 1 aromatic carbocycles. The van der Waals surface area contributed by atoms with Crippen molar-refractivity contribution in [2.75, 3.05) is 0 Å². The van der Waals surface area contributed by atoms with Crippen LogP contribution in [0.4, 0.5) is 0 Å². The van der Waals surface area contributed by atoms with Crippen LogP contribution in [0.25, 0.3) is 16.7 Å². The molecule has 0 aliphatic carbocycles. The number of nitrogens with one attached hydrogen (secondary N) is 1. The summed E-state index contributed by atoms with van der Waals surface area (Å²) in [4.78, 5) is 19.4. The summed E-state index contributed by atoms with van der Waals surface area (Å²) in [5.74, 6) is 0.609. The SMILES string of the molecule is Cc1nc2c(c(C)cn2-c2c(C)cc(Br)cc2Br)c(=O)[nH]1. The molecule has 4 nitrogen and oxygen atoms in total. The zero-order valence-electron chi connectivity index (χ0n) is 11.8. The standard InChI is InChI=1S/C15H13Br2N3O/c1-7-4-10(16)5-11(17)13(7)20-6-8(2)12-14(20)18-9(3)19-15(12)21/h4-6H,1-3H3,(H,18,19,21). The van der Waals surface area contributed by atoms with Gasteiger partial charge in [-0.25, -0.2) is 4.98 Å². The van der Waals surface area contributed by atoms with Crippen LogP contribution in [0.1, 0.15) is 17.0 Å². The van der Waals surface area contributed by atoms with E-state index in [0.717, 1.165) is 25.8 Å². The molecule has 0 aliphatic heterocycles. The number of aryl methyl sites for hydroxylation is 3. The summed E-state index contributed by atoms with van der Waals surface area (Å²) >= 11 is 7.09. The Bertz CT molecular complexity index is 902. The van der Waals surface area contributed by atoms with Crippen LogP contribution in [-0.4, -0.2) is 14.5 Å². The van der Waals surface area contributed by atoms with Crippen molar-refractivity contribution in [1.29, 1.82) is 0 Å². The van der Waals surface area contributed by atoms with Crippen molar-refractivity contribution in [3.8, 4) is 5.69 Å². The Morgan fingerprint density at radius 1 is 1.14 bits per heavy atom. The first-order chi connectivity index (χ1) is 9.88. The van der Waals surface area contributed by atoms with Gasteiger partial charge in [0.2, 0.25) is 0 Å². The fourth-order valence-corrected chi connectivity index (χ4v) is 4.22. The van der Waals surface area contributed by atoms with Crippen molar-refractivity contribution in [2.45, 2.75) is 20.8 Å². The molecule has 21 heavy (non-hydrogen) atoms. The predicted octanol–water partition coefficient (Wildman–Crippen LogP) is 4.16. The zero-order valence-corrected chi connectivity index (χ0v) is 15.0. The molecular formula is C15H13Br2N3O. The second-order valence-electron chi connectivity index (χ2n) is 5.09. The highest BCUT2D eigenvalue weighted by atomic mass is 79.9. The number of H-pyrrole nitrogens is 1. The Morgan fingerprint density at radius 2 is 1.86 bits per heavy atom. The van der Waals surface area contributed by atoms with E-state index in [1.807, 2.05) is 36.7 Å². The van der Waals surface area contributed by atoms with E-state index in [1.54, 1.807) is 6.92 Å². The summed E-state index contributed by atoms with van der Waals surface area (Å²) in [7, 11) is 0. The smallest absolute Gasteiger partial charge is 0.260 e. The monoisotopic (exact) mass is 409 g/mol. The minimum Gasteiger partial charge on any atom is -0.310 e. The number of aromatic amines is 1. The molecule has 0 unspecified atom stereocenters. The van der Waals surface area contributed by atoms with Crippen molar-refractivity contribution in [1.82, 2.24) is 14.5 Å². The van der Waals surface area contributed by atoms with Gasteiger partial charge >= 0.3 is 0 Å². The Kier molecular flexibility index (Phi) is 3.53. The average molecular weight is 411 g/mol. The van der Waals surface area contributed by atoms with Crippen LogP contribution in [0.15, 0.2) is 32.1 Å². The minimum atomic E-state index is -0.0976. The van der Waals surface area contributed by atoms with E-state index in [-0.39, 0.29) is 5.56 Å². The molecule has 0 aliphatic rings. The van der Waals surface area contributed by atoms with E-state index in [0.29, 0.717) is 16.9 Å². The molecule has 0 radical (unpaired) electrons. The molecule has 0 bridgehead atoms. The van der Waals surface area contributed by atoms with E-state index < -0.39 is 0 Å². The fraction of sp³-hybridized carbons (Fsp3) is 0.200. The average Bonchev–Trinajstić information content (AvgIpc) is 2.65. The van der Waals surface area contributed by atoms with Gasteiger partial charge in [0.15, 0.2) is 5.65 Å². The van der Waals surface area contributed by atoms with Crippen molar-refractivity contribution in [2.24, 2.45) is 0 Å². The topological polar surface area (TPSA) is 50.7 Å². The highest BCUT2D eigenvalue weighted by molar-refractivity contribution is 9.11. The molecule has 2 aromatic heterocycles. The van der Waals surface area contributed by atoms with Gasteiger partial charge < -0.3 is 4.98 Å². The van der Waals surface area contributed by atoms with Gasteiger partial charge in [-0.15, -0.1) is 0 Å². The zero-order chi connectivity index (χ0) is 15.3. The van der Waals surface area contributed by atoms with Crippen molar-refractivity contribution < 1.29 is 0 Å². The Balaban J connectivity index is 2.45. The highest BCUT2D eigenvalue weighted by Crippen LogP contribution is 2.31. The van der Waals surface area contributed by atoms with Crippen molar-refractivity contribution in [3.63, 3.8) is 0 Å². The number of halogens is 2. The first-order valence-corrected chi connectivity index (χ1v) is 8.01. The Labute approximate surface area is 138 Å². The number of benzene rings is 1. The third-order valence-electron chi connectivity index (χ3n) is 3.42. The van der Waals surface area contributed by atoms with E-state index in [9.17, 15) is 4.79 Å². The van der Waals surface area contributed by atoms with E-state index in [2.05, 4.69) is 41.8 Å². The van der Waals surface area contributed by atoms with Gasteiger partial charge in [-0.1, -0.05) is 15.9 Å². The second-order valence-corrected chi connectivity index (χ2v) is 6.86. The lowest BCUT2D eigenvalue weighted by Crippen LogP contribution is -2.10. The maximum absolute atomic E-state index is 12.2. The number of rotatable bonds is 1. The Hall–Kier alpha value is -1.40. The summed E-state index contributed by atoms with van der Waals surface area (Å²) in [6, 6.07) is 4.03. The molecule has 1 N–H and O–H groups in total. The molecule has 0 amide bonds. The molecule has 0 fully saturated rings. The molecule has 0 saturated carbocycles. The van der Waals surface area contributed by atoms with Crippen molar-refractivity contribution in [3.05, 3.63) is 54.6 Å². The summed E-state index contributed by atoms with van der Waals surface area (Å²) in [5.41, 5.74) is 3.58. The van der Waals surface area contributed by atoms with Crippen LogP contribution < -0.4 is 5.56 Å². The van der Waals surface area contributed by atoms with Gasteiger partial charge in [-0.05, 0) is 60.0 Å². The van der Waals surface area contributed by atoms with E-state index >= 15 is 0 Å². The quantitative estimate of drug-likeness (QED) is 0.654. The molecule has 3 rings (SSSR count). The van der Waals surface area contributed by atoms with Gasteiger partial charge in [0.1, 0.15) is 5.82 Å². The first kappa shape index (κ1) is 14.5. The number of hydrogen-bond acceptors (Lipinski definition) is 2. The Morgan fingerprint density at radius 3 is 2.52 bits per heavy atom. The molecule has 0 saturated heterocycles. The number of aromatic nitrogens is 3. The summed E-state index contributed by atoms with van der Waals surface area (Å²) in [5, 5.41) is 0.634. The van der Waals surface area contributed by atoms with Crippen LogP contribution in [-0.2, 0) is 0 Å². The van der Waals surface area contributed by atoms with Crippen LogP contribution in [0, 0.1) is 20.8 Å². The minimum absolute atomic E-state index is 0.0976. The molecule has 3 aromatic rings.